The number of carbonyl (C=O) groups excluding carboxylic acids is 1. The average molecular weight is 493 g/mol. The molecule has 0 heterocycles. The van der Waals surface area contributed by atoms with Crippen molar-refractivity contribution in [3.05, 3.63) is 64.1 Å². The zero-order valence-electron chi connectivity index (χ0n) is 17.2. The number of hydrogen-bond acceptors (Lipinski definition) is 3. The summed E-state index contributed by atoms with van der Waals surface area (Å²) in [4.78, 5) is 12.6. The maximum Gasteiger partial charge on any atom is 0.240 e. The summed E-state index contributed by atoms with van der Waals surface area (Å²) in [5.74, 6) is -0.0268. The van der Waals surface area contributed by atoms with Crippen LogP contribution in [0.25, 0.3) is 0 Å². The van der Waals surface area contributed by atoms with E-state index in [2.05, 4.69) is 26.0 Å². The van der Waals surface area contributed by atoms with Crippen LogP contribution in [0.2, 0.25) is 0 Å². The summed E-state index contributed by atoms with van der Waals surface area (Å²) < 4.78 is 29.0. The summed E-state index contributed by atoms with van der Waals surface area (Å²) in [7, 11) is -3.49. The topological polar surface area (TPSA) is 75.3 Å². The number of aryl methyl sites for hydroxylation is 1. The van der Waals surface area contributed by atoms with Crippen molar-refractivity contribution in [3.63, 3.8) is 0 Å². The van der Waals surface area contributed by atoms with E-state index in [1.807, 2.05) is 31.2 Å². The number of rotatable bonds is 8. The fourth-order valence-electron chi connectivity index (χ4n) is 3.75. The first-order valence-corrected chi connectivity index (χ1v) is 12.8. The van der Waals surface area contributed by atoms with E-state index in [0.717, 1.165) is 41.3 Å². The van der Waals surface area contributed by atoms with Gasteiger partial charge in [-0.05, 0) is 61.6 Å². The Kier molecular flexibility index (Phi) is 8.08. The highest BCUT2D eigenvalue weighted by molar-refractivity contribution is 9.10. The highest BCUT2D eigenvalue weighted by Crippen LogP contribution is 2.21. The summed E-state index contributed by atoms with van der Waals surface area (Å²) in [5, 5.41) is 3.01. The van der Waals surface area contributed by atoms with Crippen molar-refractivity contribution < 1.29 is 13.2 Å². The van der Waals surface area contributed by atoms with Crippen molar-refractivity contribution >= 4 is 31.9 Å². The Morgan fingerprint density at radius 2 is 1.67 bits per heavy atom. The molecule has 2 N–H and O–H groups in total. The quantitative estimate of drug-likeness (QED) is 0.551. The first-order valence-electron chi connectivity index (χ1n) is 10.5. The van der Waals surface area contributed by atoms with Crippen molar-refractivity contribution in [2.75, 3.05) is 0 Å². The van der Waals surface area contributed by atoms with Crippen LogP contribution >= 0.6 is 15.9 Å². The van der Waals surface area contributed by atoms with Crippen LogP contribution in [0.15, 0.2) is 57.9 Å². The highest BCUT2D eigenvalue weighted by atomic mass is 79.9. The van der Waals surface area contributed by atoms with Crippen molar-refractivity contribution in [2.45, 2.75) is 68.8 Å². The van der Waals surface area contributed by atoms with Crippen molar-refractivity contribution in [1.29, 1.82) is 0 Å². The third-order valence-electron chi connectivity index (χ3n) is 5.55. The van der Waals surface area contributed by atoms with Crippen molar-refractivity contribution in [2.24, 2.45) is 0 Å². The number of benzene rings is 2. The minimum absolute atomic E-state index is 0.0268. The number of sulfonamides is 1. The maximum absolute atomic E-state index is 12.6. The zero-order valence-corrected chi connectivity index (χ0v) is 19.6. The molecule has 0 radical (unpaired) electrons. The van der Waals surface area contributed by atoms with Crippen LogP contribution in [0.1, 0.15) is 62.6 Å². The van der Waals surface area contributed by atoms with Crippen molar-refractivity contribution in [1.82, 2.24) is 10.0 Å². The van der Waals surface area contributed by atoms with Crippen LogP contribution in [0.4, 0.5) is 0 Å². The van der Waals surface area contributed by atoms with E-state index in [9.17, 15) is 13.2 Å². The summed E-state index contributed by atoms with van der Waals surface area (Å²) >= 11 is 3.41. The predicted octanol–water partition coefficient (Wildman–Crippen LogP) is 4.87. The molecule has 2 aromatic carbocycles. The lowest BCUT2D eigenvalue weighted by atomic mass is 9.96. The molecular weight excluding hydrogens is 464 g/mol. The Morgan fingerprint density at radius 3 is 2.30 bits per heavy atom. The molecule has 1 amide bonds. The Morgan fingerprint density at radius 1 is 1.03 bits per heavy atom. The Labute approximate surface area is 187 Å². The van der Waals surface area contributed by atoms with Gasteiger partial charge in [-0.2, -0.15) is 0 Å². The van der Waals surface area contributed by atoms with E-state index in [-0.39, 0.29) is 22.9 Å². The second kappa shape index (κ2) is 10.6. The normalized spacial score (nSPS) is 16.2. The minimum Gasteiger partial charge on any atom is -0.350 e. The molecule has 2 aromatic rings. The lowest BCUT2D eigenvalue weighted by molar-refractivity contribution is -0.121. The molecule has 0 saturated heterocycles. The average Bonchev–Trinajstić information content (AvgIpc) is 2.73. The molecule has 1 saturated carbocycles. The maximum atomic E-state index is 12.6. The molecule has 0 aliphatic heterocycles. The first-order chi connectivity index (χ1) is 14.3. The number of nitrogens with one attached hydrogen (secondary N) is 2. The van der Waals surface area contributed by atoms with Gasteiger partial charge < -0.3 is 5.32 Å². The number of hydrogen-bond donors (Lipinski definition) is 2. The summed E-state index contributed by atoms with van der Waals surface area (Å²) in [6, 6.07) is 14.7. The van der Waals surface area contributed by atoms with Crippen LogP contribution in [0, 0.1) is 0 Å². The smallest absolute Gasteiger partial charge is 0.240 e. The van der Waals surface area contributed by atoms with Gasteiger partial charge in [0.25, 0.3) is 0 Å². The van der Waals surface area contributed by atoms with Gasteiger partial charge in [-0.1, -0.05) is 59.5 Å². The van der Waals surface area contributed by atoms with E-state index in [1.54, 1.807) is 24.3 Å². The molecule has 3 rings (SSSR count). The zero-order chi connectivity index (χ0) is 21.6. The van der Waals surface area contributed by atoms with Crippen molar-refractivity contribution in [3.8, 4) is 0 Å². The second-order valence-corrected chi connectivity index (χ2v) is 10.6. The Balaban J connectivity index is 1.50. The molecule has 0 aromatic heterocycles. The van der Waals surface area contributed by atoms with Gasteiger partial charge in [-0.3, -0.25) is 4.79 Å². The van der Waals surface area contributed by atoms with E-state index in [4.69, 9.17) is 0 Å². The van der Waals surface area contributed by atoms with Crippen LogP contribution in [0.5, 0.6) is 0 Å². The standard InChI is InChI=1S/C23H29BrN2O3S/c1-17(19-10-12-20(24)13-11-19)25-23(27)16-9-18-7-14-22(15-8-18)30(28,29)26-21-5-3-2-4-6-21/h7-8,10-15,17,21,26H,2-6,9,16H2,1H3,(H,25,27)/t17-/m1/s1. The molecule has 162 valence electrons. The first kappa shape index (κ1) is 23.0. The van der Waals surface area contributed by atoms with Gasteiger partial charge in [0.1, 0.15) is 0 Å². The van der Waals surface area contributed by atoms with Gasteiger partial charge in [0.05, 0.1) is 10.9 Å². The minimum atomic E-state index is -3.49. The van der Waals surface area contributed by atoms with Gasteiger partial charge in [-0.15, -0.1) is 0 Å². The van der Waals surface area contributed by atoms with Gasteiger partial charge in [0.2, 0.25) is 15.9 Å². The second-order valence-electron chi connectivity index (χ2n) is 7.94. The van der Waals surface area contributed by atoms with E-state index >= 15 is 0 Å². The highest BCUT2D eigenvalue weighted by Gasteiger charge is 2.21. The lowest BCUT2D eigenvalue weighted by Gasteiger charge is -2.22. The fourth-order valence-corrected chi connectivity index (χ4v) is 5.32. The monoisotopic (exact) mass is 492 g/mol. The van der Waals surface area contributed by atoms with Gasteiger partial charge in [0, 0.05) is 16.9 Å². The van der Waals surface area contributed by atoms with Crippen LogP contribution in [-0.4, -0.2) is 20.4 Å². The summed E-state index contributed by atoms with van der Waals surface area (Å²) in [6.45, 7) is 1.96. The molecule has 7 heteroatoms. The number of carbonyl (C=O) groups is 1. The van der Waals surface area contributed by atoms with Gasteiger partial charge in [0.15, 0.2) is 0 Å². The molecule has 1 fully saturated rings. The number of halogens is 1. The molecule has 30 heavy (non-hydrogen) atoms. The third-order valence-corrected chi connectivity index (χ3v) is 7.61. The lowest BCUT2D eigenvalue weighted by Crippen LogP contribution is -2.36. The molecule has 1 atom stereocenters. The van der Waals surface area contributed by atoms with E-state index < -0.39 is 10.0 Å². The molecule has 1 aliphatic carbocycles. The van der Waals surface area contributed by atoms with Gasteiger partial charge >= 0.3 is 0 Å². The Bertz CT molecular complexity index is 937. The van der Waals surface area contributed by atoms with E-state index in [1.165, 1.54) is 6.42 Å². The molecule has 5 nitrogen and oxygen atoms in total. The SMILES string of the molecule is C[C@@H](NC(=O)CCc1ccc(S(=O)(=O)NC2CCCCC2)cc1)c1ccc(Br)cc1. The summed E-state index contributed by atoms with van der Waals surface area (Å²) in [6.07, 6.45) is 6.07. The van der Waals surface area contributed by atoms with Gasteiger partial charge in [-0.25, -0.2) is 13.1 Å². The molecule has 0 unspecified atom stereocenters. The predicted molar refractivity (Wildman–Crippen MR) is 123 cm³/mol. The Hall–Kier alpha value is -1.70. The van der Waals surface area contributed by atoms with Crippen LogP contribution in [0.3, 0.4) is 0 Å². The number of amides is 1. The van der Waals surface area contributed by atoms with Crippen LogP contribution < -0.4 is 10.0 Å². The van der Waals surface area contributed by atoms with E-state index in [0.29, 0.717) is 12.8 Å². The molecule has 0 spiro atoms. The largest absolute Gasteiger partial charge is 0.350 e. The molecule has 0 bridgehead atoms. The third kappa shape index (κ3) is 6.65. The van der Waals surface area contributed by atoms with Crippen LogP contribution in [-0.2, 0) is 21.2 Å². The summed E-state index contributed by atoms with van der Waals surface area (Å²) in [5.41, 5.74) is 1.99. The molecular formula is C23H29BrN2O3S. The molecule has 1 aliphatic rings. The fraction of sp³-hybridized carbons (Fsp3) is 0.435.